The SMILES string of the molecule is COC(=O)c1cc(NC(=O)[C@@H]2CC(=O)N(Cc3ccccc3Cl)C2)cc(C(=O)OC)c1. The summed E-state index contributed by atoms with van der Waals surface area (Å²) in [6.07, 6.45) is 0.0524. The van der Waals surface area contributed by atoms with Crippen molar-refractivity contribution >= 4 is 41.0 Å². The zero-order valence-corrected chi connectivity index (χ0v) is 17.8. The second-order valence-electron chi connectivity index (χ2n) is 7.04. The average Bonchev–Trinajstić information content (AvgIpc) is 3.14. The minimum absolute atomic E-state index is 0.0524. The number of carbonyl (C=O) groups is 4. The van der Waals surface area contributed by atoms with Crippen molar-refractivity contribution in [2.45, 2.75) is 13.0 Å². The predicted octanol–water partition coefficient (Wildman–Crippen LogP) is 2.90. The summed E-state index contributed by atoms with van der Waals surface area (Å²) < 4.78 is 9.39. The molecule has 0 radical (unpaired) electrons. The molecule has 9 heteroatoms. The molecule has 162 valence electrons. The molecule has 2 aromatic rings. The third-order valence-electron chi connectivity index (χ3n) is 4.95. The van der Waals surface area contributed by atoms with Crippen LogP contribution in [0.4, 0.5) is 5.69 Å². The van der Waals surface area contributed by atoms with Crippen LogP contribution in [0.25, 0.3) is 0 Å². The summed E-state index contributed by atoms with van der Waals surface area (Å²) in [5.41, 5.74) is 1.20. The molecular formula is C22H21ClN2O6. The highest BCUT2D eigenvalue weighted by atomic mass is 35.5. The van der Waals surface area contributed by atoms with Crippen molar-refractivity contribution in [3.8, 4) is 0 Å². The van der Waals surface area contributed by atoms with Crippen molar-refractivity contribution < 1.29 is 28.7 Å². The van der Waals surface area contributed by atoms with Gasteiger partial charge in [-0.05, 0) is 29.8 Å². The van der Waals surface area contributed by atoms with E-state index in [0.29, 0.717) is 11.6 Å². The van der Waals surface area contributed by atoms with Gasteiger partial charge in [0.25, 0.3) is 0 Å². The lowest BCUT2D eigenvalue weighted by atomic mass is 10.1. The van der Waals surface area contributed by atoms with Crippen LogP contribution in [-0.2, 0) is 25.6 Å². The molecule has 1 aliphatic rings. The van der Waals surface area contributed by atoms with Crippen molar-refractivity contribution in [3.63, 3.8) is 0 Å². The summed E-state index contributed by atoms with van der Waals surface area (Å²) in [6, 6.07) is 11.3. The number of rotatable bonds is 6. The highest BCUT2D eigenvalue weighted by molar-refractivity contribution is 6.31. The first-order chi connectivity index (χ1) is 14.8. The lowest BCUT2D eigenvalue weighted by molar-refractivity contribution is -0.128. The van der Waals surface area contributed by atoms with E-state index in [4.69, 9.17) is 21.1 Å². The third kappa shape index (κ3) is 5.21. The molecule has 1 aliphatic heterocycles. The van der Waals surface area contributed by atoms with Gasteiger partial charge in [-0.3, -0.25) is 9.59 Å². The first kappa shape index (κ1) is 22.3. The third-order valence-corrected chi connectivity index (χ3v) is 5.32. The molecule has 0 aromatic heterocycles. The van der Waals surface area contributed by atoms with Gasteiger partial charge in [0.15, 0.2) is 0 Å². The Balaban J connectivity index is 1.74. The highest BCUT2D eigenvalue weighted by Crippen LogP contribution is 2.25. The van der Waals surface area contributed by atoms with Gasteiger partial charge in [0.05, 0.1) is 31.3 Å². The fourth-order valence-corrected chi connectivity index (χ4v) is 3.54. The Labute approximate surface area is 184 Å². The van der Waals surface area contributed by atoms with Crippen LogP contribution < -0.4 is 5.32 Å². The molecule has 3 rings (SSSR count). The van der Waals surface area contributed by atoms with Gasteiger partial charge in [-0.15, -0.1) is 0 Å². The topological polar surface area (TPSA) is 102 Å². The first-order valence-electron chi connectivity index (χ1n) is 9.46. The van der Waals surface area contributed by atoms with Crippen molar-refractivity contribution in [1.82, 2.24) is 4.90 Å². The Kier molecular flexibility index (Phi) is 6.91. The fraction of sp³-hybridized carbons (Fsp3) is 0.273. The fourth-order valence-electron chi connectivity index (χ4n) is 3.35. The number of methoxy groups -OCH3 is 2. The van der Waals surface area contributed by atoms with E-state index in [2.05, 4.69) is 5.32 Å². The van der Waals surface area contributed by atoms with Gasteiger partial charge in [-0.2, -0.15) is 0 Å². The maximum Gasteiger partial charge on any atom is 0.337 e. The van der Waals surface area contributed by atoms with Gasteiger partial charge < -0.3 is 19.7 Å². The molecule has 1 heterocycles. The van der Waals surface area contributed by atoms with Crippen molar-refractivity contribution in [2.75, 3.05) is 26.1 Å². The largest absolute Gasteiger partial charge is 0.465 e. The predicted molar refractivity (Wildman–Crippen MR) is 113 cm³/mol. The summed E-state index contributed by atoms with van der Waals surface area (Å²) >= 11 is 6.17. The van der Waals surface area contributed by atoms with E-state index < -0.39 is 23.8 Å². The number of likely N-dealkylation sites (tertiary alicyclic amines) is 1. The number of nitrogens with zero attached hydrogens (tertiary/aromatic N) is 1. The molecular weight excluding hydrogens is 424 g/mol. The van der Waals surface area contributed by atoms with Gasteiger partial charge in [-0.25, -0.2) is 9.59 Å². The highest BCUT2D eigenvalue weighted by Gasteiger charge is 2.34. The van der Waals surface area contributed by atoms with Gasteiger partial charge in [0.1, 0.15) is 0 Å². The van der Waals surface area contributed by atoms with Gasteiger partial charge in [-0.1, -0.05) is 29.8 Å². The number of halogens is 1. The van der Waals surface area contributed by atoms with Crippen LogP contribution in [0.15, 0.2) is 42.5 Å². The van der Waals surface area contributed by atoms with E-state index in [9.17, 15) is 19.2 Å². The van der Waals surface area contributed by atoms with Crippen LogP contribution >= 0.6 is 11.6 Å². The quantitative estimate of drug-likeness (QED) is 0.687. The Morgan fingerprint density at radius 3 is 2.26 bits per heavy atom. The lowest BCUT2D eigenvalue weighted by Crippen LogP contribution is -2.28. The number of esters is 2. The normalized spacial score (nSPS) is 15.5. The van der Waals surface area contributed by atoms with Crippen LogP contribution in [-0.4, -0.2) is 49.4 Å². The Morgan fingerprint density at radius 1 is 1.06 bits per heavy atom. The van der Waals surface area contributed by atoms with Crippen LogP contribution in [0.5, 0.6) is 0 Å². The standard InChI is InChI=1S/C22H21ClN2O6/c1-30-21(28)14-7-15(22(29)31-2)9-17(8-14)24-20(27)16-10-19(26)25(12-16)11-13-5-3-4-6-18(13)23/h3-9,16H,10-12H2,1-2H3,(H,24,27)/t16-/m1/s1. The number of hydrogen-bond acceptors (Lipinski definition) is 6. The van der Waals surface area contributed by atoms with Crippen LogP contribution in [0.2, 0.25) is 5.02 Å². The number of nitrogens with one attached hydrogen (secondary N) is 1. The van der Waals surface area contributed by atoms with Gasteiger partial charge in [0.2, 0.25) is 11.8 Å². The Hall–Kier alpha value is -3.39. The van der Waals surface area contributed by atoms with E-state index in [-0.39, 0.29) is 35.7 Å². The van der Waals surface area contributed by atoms with E-state index in [1.165, 1.54) is 32.4 Å². The molecule has 0 bridgehead atoms. The molecule has 2 amide bonds. The molecule has 0 unspecified atom stereocenters. The first-order valence-corrected chi connectivity index (χ1v) is 9.84. The smallest absolute Gasteiger partial charge is 0.337 e. The molecule has 1 N–H and O–H groups in total. The monoisotopic (exact) mass is 444 g/mol. The molecule has 0 aliphatic carbocycles. The van der Waals surface area contributed by atoms with Gasteiger partial charge in [0, 0.05) is 30.2 Å². The van der Waals surface area contributed by atoms with E-state index in [0.717, 1.165) is 5.56 Å². The second kappa shape index (κ2) is 9.61. The number of hydrogen-bond donors (Lipinski definition) is 1. The van der Waals surface area contributed by atoms with Crippen molar-refractivity contribution in [2.24, 2.45) is 5.92 Å². The van der Waals surface area contributed by atoms with Crippen molar-refractivity contribution in [1.29, 1.82) is 0 Å². The molecule has 0 saturated carbocycles. The second-order valence-corrected chi connectivity index (χ2v) is 7.45. The zero-order valence-electron chi connectivity index (χ0n) is 17.0. The van der Waals surface area contributed by atoms with Crippen molar-refractivity contribution in [3.05, 3.63) is 64.2 Å². The number of carbonyl (C=O) groups excluding carboxylic acids is 4. The van der Waals surface area contributed by atoms with E-state index >= 15 is 0 Å². The summed E-state index contributed by atoms with van der Waals surface area (Å²) in [7, 11) is 2.42. The summed E-state index contributed by atoms with van der Waals surface area (Å²) in [4.78, 5) is 50.6. The molecule has 31 heavy (non-hydrogen) atoms. The lowest BCUT2D eigenvalue weighted by Gasteiger charge is -2.17. The summed E-state index contributed by atoms with van der Waals surface area (Å²) in [5.74, 6) is -2.46. The number of amides is 2. The number of benzene rings is 2. The van der Waals surface area contributed by atoms with Crippen LogP contribution in [0.1, 0.15) is 32.7 Å². The molecule has 2 aromatic carbocycles. The van der Waals surface area contributed by atoms with E-state index in [1.807, 2.05) is 12.1 Å². The molecule has 1 saturated heterocycles. The summed E-state index contributed by atoms with van der Waals surface area (Å²) in [5, 5.41) is 3.23. The molecule has 1 fully saturated rings. The Morgan fingerprint density at radius 2 is 1.68 bits per heavy atom. The minimum Gasteiger partial charge on any atom is -0.465 e. The minimum atomic E-state index is -0.664. The van der Waals surface area contributed by atoms with E-state index in [1.54, 1.807) is 17.0 Å². The average molecular weight is 445 g/mol. The van der Waals surface area contributed by atoms with Crippen LogP contribution in [0.3, 0.4) is 0 Å². The van der Waals surface area contributed by atoms with Gasteiger partial charge >= 0.3 is 11.9 Å². The Bertz CT molecular complexity index is 1000. The molecule has 1 atom stereocenters. The summed E-state index contributed by atoms with van der Waals surface area (Å²) in [6.45, 7) is 0.545. The maximum atomic E-state index is 12.8. The van der Waals surface area contributed by atoms with Crippen LogP contribution in [0, 0.1) is 5.92 Å². The molecule has 0 spiro atoms. The number of anilines is 1. The number of ether oxygens (including phenoxy) is 2. The maximum absolute atomic E-state index is 12.8. The zero-order chi connectivity index (χ0) is 22.5. The molecule has 8 nitrogen and oxygen atoms in total.